The van der Waals surface area contributed by atoms with E-state index in [1.54, 1.807) is 0 Å². The zero-order valence-corrected chi connectivity index (χ0v) is 17.8. The lowest BCUT2D eigenvalue weighted by atomic mass is 10.1. The second-order valence-corrected chi connectivity index (χ2v) is 7.66. The average Bonchev–Trinajstić information content (AvgIpc) is 2.98. The number of carbonyl (C=O) groups excluding carboxylic acids is 1. The average molecular weight is 411 g/mol. The van der Waals surface area contributed by atoms with Crippen molar-refractivity contribution in [3.63, 3.8) is 0 Å². The molecule has 0 bridgehead atoms. The molecule has 0 saturated heterocycles. The largest absolute Gasteiger partial charge is 0.351 e. The number of aromatic nitrogens is 2. The van der Waals surface area contributed by atoms with Crippen molar-refractivity contribution in [2.45, 2.75) is 39.9 Å². The molecule has 5 nitrogen and oxygen atoms in total. The highest BCUT2D eigenvalue weighted by molar-refractivity contribution is 6.30. The fourth-order valence-electron chi connectivity index (χ4n) is 3.29. The van der Waals surface area contributed by atoms with Crippen LogP contribution in [-0.2, 0) is 17.9 Å². The Morgan fingerprint density at radius 2 is 1.90 bits per heavy atom. The lowest BCUT2D eigenvalue weighted by Gasteiger charge is -2.14. The van der Waals surface area contributed by atoms with Crippen molar-refractivity contribution in [2.75, 3.05) is 6.54 Å². The number of nitrogens with zero attached hydrogens (tertiary/aromatic N) is 2. The Morgan fingerprint density at radius 3 is 2.62 bits per heavy atom. The highest BCUT2D eigenvalue weighted by atomic mass is 35.5. The molecule has 0 aliphatic heterocycles. The predicted octanol–water partition coefficient (Wildman–Crippen LogP) is 4.17. The third-order valence-electron chi connectivity index (χ3n) is 5.09. The van der Waals surface area contributed by atoms with Crippen LogP contribution in [-0.4, -0.2) is 22.2 Å². The number of aryl methyl sites for hydroxylation is 1. The van der Waals surface area contributed by atoms with Gasteiger partial charge in [0, 0.05) is 28.9 Å². The summed E-state index contributed by atoms with van der Waals surface area (Å²) in [6, 6.07) is 17.9. The first-order valence-electron chi connectivity index (χ1n) is 9.76. The summed E-state index contributed by atoms with van der Waals surface area (Å²) in [5.74, 6) is -0.0477. The Labute approximate surface area is 177 Å². The van der Waals surface area contributed by atoms with Crippen molar-refractivity contribution < 1.29 is 4.79 Å². The Hall–Kier alpha value is -2.63. The summed E-state index contributed by atoms with van der Waals surface area (Å²) in [6.07, 6.45) is 0. The molecule has 29 heavy (non-hydrogen) atoms. The Bertz CT molecular complexity index is 968. The first kappa shape index (κ1) is 21.1. The molecule has 1 heterocycles. The molecule has 0 radical (unpaired) electrons. The van der Waals surface area contributed by atoms with E-state index in [-0.39, 0.29) is 18.5 Å². The molecular formula is C23H27ClN4O. The number of carbonyl (C=O) groups is 1. The van der Waals surface area contributed by atoms with Gasteiger partial charge in [0.1, 0.15) is 0 Å². The first-order chi connectivity index (χ1) is 13.9. The van der Waals surface area contributed by atoms with Crippen LogP contribution in [0.25, 0.3) is 0 Å². The molecule has 3 rings (SSSR count). The number of hydrogen-bond acceptors (Lipinski definition) is 3. The second-order valence-electron chi connectivity index (χ2n) is 7.23. The predicted molar refractivity (Wildman–Crippen MR) is 117 cm³/mol. The van der Waals surface area contributed by atoms with Crippen LogP contribution in [0.4, 0.5) is 0 Å². The summed E-state index contributed by atoms with van der Waals surface area (Å²) < 4.78 is 1.99. The van der Waals surface area contributed by atoms with Gasteiger partial charge in [-0.25, -0.2) is 0 Å². The number of hydrogen-bond donors (Lipinski definition) is 2. The van der Waals surface area contributed by atoms with Crippen LogP contribution in [0.1, 0.15) is 41.0 Å². The molecule has 2 N–H and O–H groups in total. The van der Waals surface area contributed by atoms with E-state index in [1.807, 2.05) is 67.9 Å². The molecule has 0 spiro atoms. The molecule has 0 aliphatic carbocycles. The minimum absolute atomic E-state index is 0.0385. The maximum Gasteiger partial charge on any atom is 0.234 e. The fraction of sp³-hybridized carbons (Fsp3) is 0.304. The van der Waals surface area contributed by atoms with Crippen LogP contribution in [0.2, 0.25) is 5.02 Å². The van der Waals surface area contributed by atoms with E-state index >= 15 is 0 Å². The van der Waals surface area contributed by atoms with Gasteiger partial charge in [-0.1, -0.05) is 54.1 Å². The minimum atomic E-state index is -0.0477. The molecular weight excluding hydrogens is 384 g/mol. The molecule has 0 aliphatic rings. The van der Waals surface area contributed by atoms with E-state index < -0.39 is 0 Å². The third kappa shape index (κ3) is 5.68. The molecule has 0 fully saturated rings. The maximum absolute atomic E-state index is 12.3. The fourth-order valence-corrected chi connectivity index (χ4v) is 3.49. The number of amides is 1. The highest BCUT2D eigenvalue weighted by Crippen LogP contribution is 2.17. The van der Waals surface area contributed by atoms with Crippen molar-refractivity contribution >= 4 is 17.5 Å². The van der Waals surface area contributed by atoms with Gasteiger partial charge < -0.3 is 10.6 Å². The van der Waals surface area contributed by atoms with Gasteiger partial charge in [-0.2, -0.15) is 5.10 Å². The van der Waals surface area contributed by atoms with Crippen LogP contribution < -0.4 is 10.6 Å². The van der Waals surface area contributed by atoms with Gasteiger partial charge in [0.15, 0.2) is 0 Å². The molecule has 1 unspecified atom stereocenters. The molecule has 2 aromatic carbocycles. The van der Waals surface area contributed by atoms with Gasteiger partial charge in [0.2, 0.25) is 5.91 Å². The van der Waals surface area contributed by atoms with Gasteiger partial charge in [-0.3, -0.25) is 9.48 Å². The monoisotopic (exact) mass is 410 g/mol. The molecule has 1 aromatic heterocycles. The first-order valence-corrected chi connectivity index (χ1v) is 10.1. The quantitative estimate of drug-likeness (QED) is 0.586. The summed E-state index contributed by atoms with van der Waals surface area (Å²) in [7, 11) is 0. The summed E-state index contributed by atoms with van der Waals surface area (Å²) in [5.41, 5.74) is 5.34. The lowest BCUT2D eigenvalue weighted by Crippen LogP contribution is -2.34. The number of halogens is 1. The van der Waals surface area contributed by atoms with Crippen molar-refractivity contribution in [3.8, 4) is 0 Å². The van der Waals surface area contributed by atoms with Crippen LogP contribution in [0, 0.1) is 13.8 Å². The smallest absolute Gasteiger partial charge is 0.234 e. The molecule has 152 valence electrons. The van der Waals surface area contributed by atoms with E-state index in [0.29, 0.717) is 11.6 Å². The van der Waals surface area contributed by atoms with Gasteiger partial charge in [0.05, 0.1) is 18.8 Å². The second kappa shape index (κ2) is 9.72. The summed E-state index contributed by atoms with van der Waals surface area (Å²) >= 11 is 6.04. The van der Waals surface area contributed by atoms with Crippen LogP contribution in [0.5, 0.6) is 0 Å². The lowest BCUT2D eigenvalue weighted by molar-refractivity contribution is -0.120. The number of nitrogens with one attached hydrogen (secondary N) is 2. The van der Waals surface area contributed by atoms with Crippen molar-refractivity contribution in [3.05, 3.63) is 87.7 Å². The van der Waals surface area contributed by atoms with Crippen LogP contribution in [0.15, 0.2) is 54.6 Å². The van der Waals surface area contributed by atoms with Gasteiger partial charge >= 0.3 is 0 Å². The van der Waals surface area contributed by atoms with Gasteiger partial charge in [-0.05, 0) is 44.0 Å². The third-order valence-corrected chi connectivity index (χ3v) is 5.32. The Morgan fingerprint density at radius 1 is 1.14 bits per heavy atom. The van der Waals surface area contributed by atoms with E-state index in [4.69, 9.17) is 11.6 Å². The Kier molecular flexibility index (Phi) is 7.07. The van der Waals surface area contributed by atoms with Crippen LogP contribution in [0.3, 0.4) is 0 Å². The molecule has 3 aromatic rings. The minimum Gasteiger partial charge on any atom is -0.351 e. The summed E-state index contributed by atoms with van der Waals surface area (Å²) in [6.45, 7) is 7.48. The summed E-state index contributed by atoms with van der Waals surface area (Å²) in [4.78, 5) is 12.3. The SMILES string of the molecule is Cc1nn(Cc2ccccc2)c(C)c1CNC(=O)CNC(C)c1cccc(Cl)c1. The zero-order valence-electron chi connectivity index (χ0n) is 17.1. The topological polar surface area (TPSA) is 59.0 Å². The molecule has 0 saturated carbocycles. The molecule has 6 heteroatoms. The van der Waals surface area contributed by atoms with Crippen molar-refractivity contribution in [1.29, 1.82) is 0 Å². The van der Waals surface area contributed by atoms with E-state index in [0.717, 1.165) is 29.1 Å². The van der Waals surface area contributed by atoms with Crippen molar-refractivity contribution in [1.82, 2.24) is 20.4 Å². The van der Waals surface area contributed by atoms with E-state index in [9.17, 15) is 4.79 Å². The van der Waals surface area contributed by atoms with Gasteiger partial charge in [0.25, 0.3) is 0 Å². The number of rotatable bonds is 8. The van der Waals surface area contributed by atoms with Gasteiger partial charge in [-0.15, -0.1) is 0 Å². The maximum atomic E-state index is 12.3. The van der Waals surface area contributed by atoms with Crippen molar-refractivity contribution in [2.24, 2.45) is 0 Å². The highest BCUT2D eigenvalue weighted by Gasteiger charge is 2.13. The van der Waals surface area contributed by atoms with Crippen LogP contribution >= 0.6 is 11.6 Å². The zero-order chi connectivity index (χ0) is 20.8. The van der Waals surface area contributed by atoms with E-state index in [1.165, 1.54) is 5.56 Å². The molecule has 1 atom stereocenters. The standard InChI is InChI=1S/C23H27ClN4O/c1-16(20-10-7-11-21(24)12-20)25-14-23(29)26-13-22-17(2)27-28(18(22)3)15-19-8-5-4-6-9-19/h4-12,16,25H,13-15H2,1-3H3,(H,26,29). The number of benzene rings is 2. The van der Waals surface area contributed by atoms with E-state index in [2.05, 4.69) is 27.9 Å². The Balaban J connectivity index is 1.53. The summed E-state index contributed by atoms with van der Waals surface area (Å²) in [5, 5.41) is 11.6. The normalized spacial score (nSPS) is 12.0. The molecule has 1 amide bonds.